The van der Waals surface area contributed by atoms with E-state index in [0.717, 1.165) is 38.2 Å². The van der Waals surface area contributed by atoms with Gasteiger partial charge >= 0.3 is 6.09 Å². The van der Waals surface area contributed by atoms with Gasteiger partial charge < -0.3 is 15.0 Å². The highest BCUT2D eigenvalue weighted by molar-refractivity contribution is 7.99. The molecular formula is C16H24N2O2S. The Morgan fingerprint density at radius 3 is 2.71 bits per heavy atom. The van der Waals surface area contributed by atoms with Crippen LogP contribution in [-0.2, 0) is 4.74 Å². The summed E-state index contributed by atoms with van der Waals surface area (Å²) >= 11 is 1.87. The van der Waals surface area contributed by atoms with E-state index in [2.05, 4.69) is 29.6 Å². The molecule has 1 aliphatic heterocycles. The van der Waals surface area contributed by atoms with E-state index in [4.69, 9.17) is 4.74 Å². The van der Waals surface area contributed by atoms with Crippen molar-refractivity contribution < 1.29 is 9.53 Å². The molecule has 0 unspecified atom stereocenters. The Labute approximate surface area is 131 Å². The molecule has 1 N–H and O–H groups in total. The summed E-state index contributed by atoms with van der Waals surface area (Å²) in [6.45, 7) is 4.89. The Kier molecular flexibility index (Phi) is 6.89. The summed E-state index contributed by atoms with van der Waals surface area (Å²) < 4.78 is 5.03. The summed E-state index contributed by atoms with van der Waals surface area (Å²) in [5.41, 5.74) is 0. The van der Waals surface area contributed by atoms with Gasteiger partial charge in [-0.3, -0.25) is 0 Å². The second kappa shape index (κ2) is 8.95. The first-order chi connectivity index (χ1) is 10.3. The minimum atomic E-state index is -0.171. The Bertz CT molecular complexity index is 420. The monoisotopic (exact) mass is 308 g/mol. The van der Waals surface area contributed by atoms with E-state index in [0.29, 0.717) is 12.6 Å². The standard InChI is InChI=1S/C16H24N2O2S/c1-2-20-16(19)18-11-8-14(9-12-18)17-10-13-21-15-6-4-3-5-7-15/h3-7,14,17H,2,8-13H2,1H3. The predicted molar refractivity (Wildman–Crippen MR) is 86.8 cm³/mol. The SMILES string of the molecule is CCOC(=O)N1CCC(NCCSc2ccccc2)CC1. The molecule has 4 nitrogen and oxygen atoms in total. The van der Waals surface area contributed by atoms with Gasteiger partial charge in [-0.25, -0.2) is 4.79 Å². The fourth-order valence-electron chi connectivity index (χ4n) is 2.43. The number of carbonyl (C=O) groups is 1. The number of hydrogen-bond acceptors (Lipinski definition) is 4. The van der Waals surface area contributed by atoms with Crippen molar-refractivity contribution in [1.29, 1.82) is 0 Å². The van der Waals surface area contributed by atoms with Crippen LogP contribution in [0, 0.1) is 0 Å². The van der Waals surface area contributed by atoms with Crippen molar-refractivity contribution in [2.24, 2.45) is 0 Å². The number of likely N-dealkylation sites (tertiary alicyclic amines) is 1. The van der Waals surface area contributed by atoms with Crippen LogP contribution in [0.25, 0.3) is 0 Å². The van der Waals surface area contributed by atoms with Crippen molar-refractivity contribution in [2.45, 2.75) is 30.7 Å². The zero-order valence-electron chi connectivity index (χ0n) is 12.6. The molecule has 1 amide bonds. The number of nitrogens with zero attached hydrogens (tertiary/aromatic N) is 1. The molecule has 1 saturated heterocycles. The molecule has 0 bridgehead atoms. The van der Waals surface area contributed by atoms with Crippen LogP contribution in [0.4, 0.5) is 4.79 Å². The normalized spacial score (nSPS) is 16.0. The molecule has 0 atom stereocenters. The van der Waals surface area contributed by atoms with Crippen LogP contribution in [0.5, 0.6) is 0 Å². The third-order valence-corrected chi connectivity index (χ3v) is 4.58. The summed E-state index contributed by atoms with van der Waals surface area (Å²) in [5.74, 6) is 1.07. The van der Waals surface area contributed by atoms with Gasteiger partial charge in [0.1, 0.15) is 0 Å². The lowest BCUT2D eigenvalue weighted by Gasteiger charge is -2.31. The Balaban J connectivity index is 1.58. The summed E-state index contributed by atoms with van der Waals surface area (Å²) in [4.78, 5) is 14.7. The molecule has 0 radical (unpaired) electrons. The van der Waals surface area contributed by atoms with E-state index in [9.17, 15) is 4.79 Å². The highest BCUT2D eigenvalue weighted by Gasteiger charge is 2.22. The van der Waals surface area contributed by atoms with Gasteiger partial charge in [0, 0.05) is 36.3 Å². The summed E-state index contributed by atoms with van der Waals surface area (Å²) in [7, 11) is 0. The number of nitrogens with one attached hydrogen (secondary N) is 1. The molecule has 0 saturated carbocycles. The van der Waals surface area contributed by atoms with Gasteiger partial charge in [0.2, 0.25) is 0 Å². The molecule has 21 heavy (non-hydrogen) atoms. The van der Waals surface area contributed by atoms with E-state index < -0.39 is 0 Å². The molecule has 116 valence electrons. The molecule has 0 spiro atoms. The van der Waals surface area contributed by atoms with Gasteiger partial charge in [-0.15, -0.1) is 11.8 Å². The number of carbonyl (C=O) groups excluding carboxylic acids is 1. The second-order valence-corrected chi connectivity index (χ2v) is 6.24. The zero-order valence-corrected chi connectivity index (χ0v) is 13.4. The van der Waals surface area contributed by atoms with Gasteiger partial charge in [0.05, 0.1) is 6.61 Å². The number of rotatable bonds is 6. The van der Waals surface area contributed by atoms with Crippen molar-refractivity contribution in [3.8, 4) is 0 Å². The maximum absolute atomic E-state index is 11.6. The van der Waals surface area contributed by atoms with Gasteiger partial charge in [0.25, 0.3) is 0 Å². The minimum Gasteiger partial charge on any atom is -0.450 e. The fourth-order valence-corrected chi connectivity index (χ4v) is 3.23. The van der Waals surface area contributed by atoms with Crippen molar-refractivity contribution in [3.63, 3.8) is 0 Å². The fraction of sp³-hybridized carbons (Fsp3) is 0.562. The molecular weight excluding hydrogens is 284 g/mol. The van der Waals surface area contributed by atoms with Crippen LogP contribution in [0.15, 0.2) is 35.2 Å². The maximum Gasteiger partial charge on any atom is 0.409 e. The van der Waals surface area contributed by atoms with Crippen molar-refractivity contribution in [3.05, 3.63) is 30.3 Å². The molecule has 1 fully saturated rings. The van der Waals surface area contributed by atoms with Crippen LogP contribution in [0.3, 0.4) is 0 Å². The first kappa shape index (κ1) is 16.2. The molecule has 0 aromatic heterocycles. The predicted octanol–water partition coefficient (Wildman–Crippen LogP) is 2.99. The van der Waals surface area contributed by atoms with Crippen LogP contribution in [-0.4, -0.2) is 49.0 Å². The lowest BCUT2D eigenvalue weighted by atomic mass is 10.1. The van der Waals surface area contributed by atoms with Gasteiger partial charge in [-0.2, -0.15) is 0 Å². The molecule has 1 aromatic carbocycles. The first-order valence-corrected chi connectivity index (χ1v) is 8.61. The van der Waals surface area contributed by atoms with Gasteiger partial charge in [-0.1, -0.05) is 18.2 Å². The number of thioether (sulfide) groups is 1. The second-order valence-electron chi connectivity index (χ2n) is 5.08. The molecule has 2 rings (SSSR count). The highest BCUT2D eigenvalue weighted by Crippen LogP contribution is 2.16. The van der Waals surface area contributed by atoms with E-state index >= 15 is 0 Å². The summed E-state index contributed by atoms with van der Waals surface area (Å²) in [5, 5.41) is 3.58. The Morgan fingerprint density at radius 2 is 2.05 bits per heavy atom. The van der Waals surface area contributed by atoms with E-state index in [1.165, 1.54) is 4.90 Å². The molecule has 1 heterocycles. The number of benzene rings is 1. The molecule has 5 heteroatoms. The number of ether oxygens (including phenoxy) is 1. The lowest BCUT2D eigenvalue weighted by Crippen LogP contribution is -2.45. The van der Waals surface area contributed by atoms with Crippen molar-refractivity contribution in [2.75, 3.05) is 32.0 Å². The minimum absolute atomic E-state index is 0.171. The maximum atomic E-state index is 11.6. The van der Waals surface area contributed by atoms with E-state index in [-0.39, 0.29) is 6.09 Å². The van der Waals surface area contributed by atoms with Crippen LogP contribution in [0.2, 0.25) is 0 Å². The quantitative estimate of drug-likeness (QED) is 0.648. The Morgan fingerprint density at radius 1 is 1.33 bits per heavy atom. The number of hydrogen-bond donors (Lipinski definition) is 1. The molecule has 1 aromatic rings. The molecule has 1 aliphatic rings. The topological polar surface area (TPSA) is 41.6 Å². The van der Waals surface area contributed by atoms with Crippen LogP contribution in [0.1, 0.15) is 19.8 Å². The number of amides is 1. The number of piperidine rings is 1. The largest absolute Gasteiger partial charge is 0.450 e. The van der Waals surface area contributed by atoms with E-state index in [1.807, 2.05) is 24.8 Å². The lowest BCUT2D eigenvalue weighted by molar-refractivity contribution is 0.0953. The average molecular weight is 308 g/mol. The first-order valence-electron chi connectivity index (χ1n) is 7.62. The van der Waals surface area contributed by atoms with Crippen molar-refractivity contribution in [1.82, 2.24) is 10.2 Å². The van der Waals surface area contributed by atoms with Crippen LogP contribution >= 0.6 is 11.8 Å². The summed E-state index contributed by atoms with van der Waals surface area (Å²) in [6.07, 6.45) is 1.85. The van der Waals surface area contributed by atoms with Crippen LogP contribution < -0.4 is 5.32 Å². The zero-order chi connectivity index (χ0) is 14.9. The Hall–Kier alpha value is -1.20. The third kappa shape index (κ3) is 5.59. The third-order valence-electron chi connectivity index (χ3n) is 3.57. The van der Waals surface area contributed by atoms with E-state index in [1.54, 1.807) is 4.90 Å². The summed E-state index contributed by atoms with van der Waals surface area (Å²) in [6, 6.07) is 11.0. The average Bonchev–Trinajstić information content (AvgIpc) is 2.53. The highest BCUT2D eigenvalue weighted by atomic mass is 32.2. The van der Waals surface area contributed by atoms with Gasteiger partial charge in [0.15, 0.2) is 0 Å². The van der Waals surface area contributed by atoms with Crippen molar-refractivity contribution >= 4 is 17.9 Å². The van der Waals surface area contributed by atoms with Gasteiger partial charge in [-0.05, 0) is 31.9 Å². The molecule has 0 aliphatic carbocycles. The smallest absolute Gasteiger partial charge is 0.409 e.